The molecule has 2 aliphatic heterocycles. The lowest BCUT2D eigenvalue weighted by Gasteiger charge is -2.21. The van der Waals surface area contributed by atoms with E-state index in [1.165, 1.54) is 4.90 Å². The van der Waals surface area contributed by atoms with Gasteiger partial charge in [-0.1, -0.05) is 0 Å². The molecule has 17 heavy (non-hydrogen) atoms. The van der Waals surface area contributed by atoms with Gasteiger partial charge in [0.1, 0.15) is 6.04 Å². The van der Waals surface area contributed by atoms with E-state index in [2.05, 4.69) is 0 Å². The highest BCUT2D eigenvalue weighted by Gasteiger charge is 2.33. The van der Waals surface area contributed by atoms with Crippen LogP contribution in [0.2, 0.25) is 0 Å². The van der Waals surface area contributed by atoms with Gasteiger partial charge in [0.15, 0.2) is 0 Å². The lowest BCUT2D eigenvalue weighted by Crippen LogP contribution is -2.40. The highest BCUT2D eigenvalue weighted by Crippen LogP contribution is 2.22. The van der Waals surface area contributed by atoms with E-state index in [0.717, 1.165) is 32.5 Å². The molecule has 0 spiro atoms. The van der Waals surface area contributed by atoms with Gasteiger partial charge < -0.3 is 14.7 Å². The largest absolute Gasteiger partial charge is 0.480 e. The molecule has 0 aromatic heterocycles. The summed E-state index contributed by atoms with van der Waals surface area (Å²) < 4.78 is 5.26. The molecule has 2 atom stereocenters. The molecular weight excluding hydrogens is 222 g/mol. The van der Waals surface area contributed by atoms with Gasteiger partial charge in [0, 0.05) is 26.2 Å². The molecule has 1 amide bonds. The zero-order chi connectivity index (χ0) is 12.3. The third-order valence-corrected chi connectivity index (χ3v) is 3.65. The maximum absolute atomic E-state index is 11.9. The Hall–Kier alpha value is -1.10. The summed E-state index contributed by atoms with van der Waals surface area (Å²) in [6.07, 6.45) is 3.69. The van der Waals surface area contributed by atoms with E-state index in [1.54, 1.807) is 0 Å². The summed E-state index contributed by atoms with van der Waals surface area (Å²) >= 11 is 0. The number of hydrogen-bond acceptors (Lipinski definition) is 3. The molecule has 2 fully saturated rings. The molecule has 0 unspecified atom stereocenters. The summed E-state index contributed by atoms with van der Waals surface area (Å²) in [6.45, 7) is 2.13. The van der Waals surface area contributed by atoms with Crippen molar-refractivity contribution in [2.75, 3.05) is 19.8 Å². The number of carboxylic acid groups (broad SMARTS) is 1. The molecule has 0 aliphatic carbocycles. The third-order valence-electron chi connectivity index (χ3n) is 3.65. The van der Waals surface area contributed by atoms with Crippen LogP contribution in [0.15, 0.2) is 0 Å². The van der Waals surface area contributed by atoms with Crippen LogP contribution in [0.25, 0.3) is 0 Å². The van der Waals surface area contributed by atoms with Crippen LogP contribution in [0.3, 0.4) is 0 Å². The quantitative estimate of drug-likeness (QED) is 0.793. The van der Waals surface area contributed by atoms with Crippen LogP contribution in [0.5, 0.6) is 0 Å². The van der Waals surface area contributed by atoms with Crippen molar-refractivity contribution in [2.24, 2.45) is 5.92 Å². The number of hydrogen-bond donors (Lipinski definition) is 1. The summed E-state index contributed by atoms with van der Waals surface area (Å²) in [5, 5.41) is 9.00. The van der Waals surface area contributed by atoms with E-state index < -0.39 is 12.0 Å². The van der Waals surface area contributed by atoms with Crippen LogP contribution >= 0.6 is 0 Å². The SMILES string of the molecule is O=C(O)[C@@H]1CCCN1C(=O)CC[C@H]1CCOC1. The number of amides is 1. The Bertz CT molecular complexity index is 299. The van der Waals surface area contributed by atoms with Gasteiger partial charge in [-0.2, -0.15) is 0 Å². The van der Waals surface area contributed by atoms with Gasteiger partial charge in [0.05, 0.1) is 0 Å². The van der Waals surface area contributed by atoms with Gasteiger partial charge in [-0.25, -0.2) is 4.79 Å². The Kier molecular flexibility index (Phi) is 3.99. The number of carbonyl (C=O) groups is 2. The molecule has 96 valence electrons. The zero-order valence-corrected chi connectivity index (χ0v) is 9.93. The van der Waals surface area contributed by atoms with Crippen molar-refractivity contribution < 1.29 is 19.4 Å². The topological polar surface area (TPSA) is 66.8 Å². The molecule has 0 bridgehead atoms. The molecule has 2 rings (SSSR count). The minimum atomic E-state index is -0.875. The molecule has 5 nitrogen and oxygen atoms in total. The number of nitrogens with zero attached hydrogens (tertiary/aromatic N) is 1. The molecule has 5 heteroatoms. The first-order valence-corrected chi connectivity index (χ1v) is 6.28. The zero-order valence-electron chi connectivity index (χ0n) is 9.93. The number of carbonyl (C=O) groups excluding carboxylic acids is 1. The fourth-order valence-corrected chi connectivity index (χ4v) is 2.60. The summed E-state index contributed by atoms with van der Waals surface area (Å²) in [4.78, 5) is 24.4. The number of rotatable bonds is 4. The number of carboxylic acids is 1. The average molecular weight is 241 g/mol. The monoisotopic (exact) mass is 241 g/mol. The molecule has 0 radical (unpaired) electrons. The number of ether oxygens (including phenoxy) is 1. The van der Waals surface area contributed by atoms with Crippen molar-refractivity contribution in [3.63, 3.8) is 0 Å². The second-order valence-electron chi connectivity index (χ2n) is 4.85. The highest BCUT2D eigenvalue weighted by molar-refractivity contribution is 5.84. The van der Waals surface area contributed by atoms with Gasteiger partial charge in [-0.3, -0.25) is 4.79 Å². The summed E-state index contributed by atoms with van der Waals surface area (Å²) in [7, 11) is 0. The van der Waals surface area contributed by atoms with Gasteiger partial charge in [0.25, 0.3) is 0 Å². The maximum Gasteiger partial charge on any atom is 0.326 e. The van der Waals surface area contributed by atoms with E-state index >= 15 is 0 Å². The first-order chi connectivity index (χ1) is 8.18. The van der Waals surface area contributed by atoms with E-state index in [1.807, 2.05) is 0 Å². The molecule has 0 aromatic rings. The normalized spacial score (nSPS) is 28.6. The third kappa shape index (κ3) is 2.97. The molecule has 0 saturated carbocycles. The standard InChI is InChI=1S/C12H19NO4/c14-11(4-3-9-5-7-17-8-9)13-6-1-2-10(13)12(15)16/h9-10H,1-8H2,(H,15,16)/t9-,10-/m0/s1. The fourth-order valence-electron chi connectivity index (χ4n) is 2.60. The fraction of sp³-hybridized carbons (Fsp3) is 0.833. The van der Waals surface area contributed by atoms with Crippen LogP contribution in [0.1, 0.15) is 32.1 Å². The van der Waals surface area contributed by atoms with Crippen molar-refractivity contribution in [3.8, 4) is 0 Å². The minimum Gasteiger partial charge on any atom is -0.480 e. The van der Waals surface area contributed by atoms with Gasteiger partial charge >= 0.3 is 5.97 Å². The predicted molar refractivity (Wildman–Crippen MR) is 60.5 cm³/mol. The van der Waals surface area contributed by atoms with Crippen LogP contribution in [-0.4, -0.2) is 47.7 Å². The Morgan fingerprint density at radius 2 is 2.18 bits per heavy atom. The first-order valence-electron chi connectivity index (χ1n) is 6.28. The van der Waals surface area contributed by atoms with Crippen molar-refractivity contribution >= 4 is 11.9 Å². The Morgan fingerprint density at radius 1 is 1.35 bits per heavy atom. The first kappa shape index (κ1) is 12.4. The van der Waals surface area contributed by atoms with Crippen LogP contribution in [-0.2, 0) is 14.3 Å². The van der Waals surface area contributed by atoms with E-state index in [9.17, 15) is 9.59 Å². The van der Waals surface area contributed by atoms with Crippen molar-refractivity contribution in [1.29, 1.82) is 0 Å². The average Bonchev–Trinajstić information content (AvgIpc) is 2.96. The minimum absolute atomic E-state index is 0.0122. The summed E-state index contributed by atoms with van der Waals surface area (Å²) in [5.74, 6) is -0.410. The van der Waals surface area contributed by atoms with Gasteiger partial charge in [-0.15, -0.1) is 0 Å². The van der Waals surface area contributed by atoms with E-state index in [0.29, 0.717) is 25.3 Å². The van der Waals surface area contributed by atoms with E-state index in [4.69, 9.17) is 9.84 Å². The second-order valence-corrected chi connectivity index (χ2v) is 4.85. The van der Waals surface area contributed by atoms with Crippen molar-refractivity contribution in [1.82, 2.24) is 4.90 Å². The maximum atomic E-state index is 11.9. The molecule has 2 saturated heterocycles. The van der Waals surface area contributed by atoms with Crippen LogP contribution in [0.4, 0.5) is 0 Å². The summed E-state index contributed by atoms with van der Waals surface area (Å²) in [5.41, 5.74) is 0. The van der Waals surface area contributed by atoms with Crippen molar-refractivity contribution in [3.05, 3.63) is 0 Å². The Balaban J connectivity index is 1.80. The second kappa shape index (κ2) is 5.49. The number of aliphatic carboxylic acids is 1. The highest BCUT2D eigenvalue weighted by atomic mass is 16.5. The lowest BCUT2D eigenvalue weighted by molar-refractivity contribution is -0.148. The Labute approximate surface area is 101 Å². The van der Waals surface area contributed by atoms with Gasteiger partial charge in [0.2, 0.25) is 5.91 Å². The molecule has 2 aliphatic rings. The molecule has 1 N–H and O–H groups in total. The van der Waals surface area contributed by atoms with E-state index in [-0.39, 0.29) is 5.91 Å². The van der Waals surface area contributed by atoms with Gasteiger partial charge in [-0.05, 0) is 31.6 Å². The van der Waals surface area contributed by atoms with Crippen LogP contribution in [0, 0.1) is 5.92 Å². The molecule has 0 aromatic carbocycles. The lowest BCUT2D eigenvalue weighted by atomic mass is 10.0. The van der Waals surface area contributed by atoms with Crippen molar-refractivity contribution in [2.45, 2.75) is 38.1 Å². The molecule has 2 heterocycles. The molecular formula is C12H19NO4. The van der Waals surface area contributed by atoms with Crippen LogP contribution < -0.4 is 0 Å². The smallest absolute Gasteiger partial charge is 0.326 e. The number of likely N-dealkylation sites (tertiary alicyclic amines) is 1. The Morgan fingerprint density at radius 3 is 2.82 bits per heavy atom. The summed E-state index contributed by atoms with van der Waals surface area (Å²) in [6, 6.07) is -0.595. The predicted octanol–water partition coefficient (Wildman–Crippen LogP) is 0.879.